The molecule has 0 bridgehead atoms. The van der Waals surface area contributed by atoms with Crippen molar-refractivity contribution in [3.05, 3.63) is 64.5 Å². The Labute approximate surface area is 221 Å². The molecule has 2 aliphatic heterocycles. The second kappa shape index (κ2) is 9.68. The number of benzene rings is 1. The molecule has 3 fully saturated rings. The molecule has 38 heavy (non-hydrogen) atoms. The molecule has 1 aromatic carbocycles. The Morgan fingerprint density at radius 2 is 1.95 bits per heavy atom. The van der Waals surface area contributed by atoms with Crippen LogP contribution in [0.5, 0.6) is 0 Å². The van der Waals surface area contributed by atoms with Crippen molar-refractivity contribution >= 4 is 5.91 Å². The van der Waals surface area contributed by atoms with Gasteiger partial charge in [0.1, 0.15) is 0 Å². The van der Waals surface area contributed by atoms with E-state index in [0.717, 1.165) is 64.2 Å². The van der Waals surface area contributed by atoms with Crippen molar-refractivity contribution in [2.24, 2.45) is 11.3 Å². The lowest BCUT2D eigenvalue weighted by molar-refractivity contribution is -0.144. The van der Waals surface area contributed by atoms with Crippen LogP contribution < -0.4 is 0 Å². The molecular formula is C30H33F3N4O. The molecule has 2 saturated carbocycles. The van der Waals surface area contributed by atoms with Crippen LogP contribution in [0.4, 0.5) is 13.2 Å². The van der Waals surface area contributed by atoms with Gasteiger partial charge in [-0.1, -0.05) is 18.6 Å². The van der Waals surface area contributed by atoms with Crippen molar-refractivity contribution in [1.82, 2.24) is 14.8 Å². The number of carbonyl (C=O) groups is 1. The summed E-state index contributed by atoms with van der Waals surface area (Å²) in [5, 5.41) is 9.24. The second-order valence-electron chi connectivity index (χ2n) is 11.7. The number of likely N-dealkylation sites (tertiary alicyclic amines) is 1. The molecule has 5 nitrogen and oxygen atoms in total. The average Bonchev–Trinajstić information content (AvgIpc) is 3.50. The van der Waals surface area contributed by atoms with Gasteiger partial charge in [0, 0.05) is 37.4 Å². The number of aromatic nitrogens is 1. The fourth-order valence-electron chi connectivity index (χ4n) is 7.77. The maximum atomic E-state index is 14.1. The first-order valence-corrected chi connectivity index (χ1v) is 13.9. The summed E-state index contributed by atoms with van der Waals surface area (Å²) in [6.07, 6.45) is 3.96. The van der Waals surface area contributed by atoms with E-state index in [1.807, 2.05) is 23.1 Å². The van der Waals surface area contributed by atoms with Crippen molar-refractivity contribution in [3.63, 3.8) is 0 Å². The fourth-order valence-corrected chi connectivity index (χ4v) is 7.77. The zero-order chi connectivity index (χ0) is 26.5. The third kappa shape index (κ3) is 4.49. The highest BCUT2D eigenvalue weighted by Crippen LogP contribution is 2.57. The van der Waals surface area contributed by atoms with Crippen LogP contribution in [0.2, 0.25) is 0 Å². The highest BCUT2D eigenvalue weighted by Gasteiger charge is 2.57. The lowest BCUT2D eigenvalue weighted by Gasteiger charge is -2.39. The number of fused-ring (bicyclic) bond motifs is 2. The Bertz CT molecular complexity index is 1260. The van der Waals surface area contributed by atoms with E-state index in [4.69, 9.17) is 0 Å². The molecule has 0 radical (unpaired) electrons. The smallest absolute Gasteiger partial charge is 0.337 e. The van der Waals surface area contributed by atoms with Gasteiger partial charge in [-0.3, -0.25) is 9.78 Å². The van der Waals surface area contributed by atoms with Gasteiger partial charge in [0.05, 0.1) is 22.6 Å². The number of piperidine rings is 1. The minimum atomic E-state index is -4.44. The predicted molar refractivity (Wildman–Crippen MR) is 136 cm³/mol. The third-order valence-electron chi connectivity index (χ3n) is 9.73. The van der Waals surface area contributed by atoms with Crippen LogP contribution in [0.25, 0.3) is 0 Å². The van der Waals surface area contributed by atoms with Crippen LogP contribution in [0, 0.1) is 22.7 Å². The molecule has 1 saturated heterocycles. The number of nitriles is 1. The van der Waals surface area contributed by atoms with E-state index in [9.17, 15) is 23.2 Å². The van der Waals surface area contributed by atoms with Crippen LogP contribution in [0.15, 0.2) is 36.5 Å². The number of rotatable bonds is 3. The molecule has 8 heteroatoms. The summed E-state index contributed by atoms with van der Waals surface area (Å²) in [7, 11) is 0. The Balaban J connectivity index is 1.13. The summed E-state index contributed by atoms with van der Waals surface area (Å²) in [4.78, 5) is 22.5. The molecule has 4 aliphatic rings. The lowest BCUT2D eigenvalue weighted by atomic mass is 9.78. The van der Waals surface area contributed by atoms with Crippen LogP contribution >= 0.6 is 0 Å². The summed E-state index contributed by atoms with van der Waals surface area (Å²) in [6.45, 7) is 2.73. The number of nitrogens with zero attached hydrogens (tertiary/aromatic N) is 4. The number of pyridine rings is 1. The maximum Gasteiger partial charge on any atom is 0.417 e. The standard InChI is InChI=1S/C30H33F3N4O/c31-30(32,33)25-14-23-19-37(12-8-27(23)35-18-25)28(38)29-9-2-5-24(29)15-26(16-29)36-10-6-21(7-11-36)22-4-1-3-20(13-22)17-34/h1,3-4,13-14,18,21,24,26H,2,5-12,15-16,19H2. The topological polar surface area (TPSA) is 60.2 Å². The van der Waals surface area contributed by atoms with Gasteiger partial charge in [-0.25, -0.2) is 0 Å². The summed E-state index contributed by atoms with van der Waals surface area (Å²) in [6, 6.07) is 11.7. The van der Waals surface area contributed by atoms with Crippen molar-refractivity contribution in [2.45, 2.75) is 76.0 Å². The van der Waals surface area contributed by atoms with E-state index in [-0.39, 0.29) is 17.9 Å². The first-order valence-electron chi connectivity index (χ1n) is 13.9. The molecule has 1 amide bonds. The Morgan fingerprint density at radius 1 is 1.13 bits per heavy atom. The van der Waals surface area contributed by atoms with E-state index in [2.05, 4.69) is 22.0 Å². The van der Waals surface area contributed by atoms with Crippen molar-refractivity contribution in [1.29, 1.82) is 5.26 Å². The van der Waals surface area contributed by atoms with E-state index < -0.39 is 11.7 Å². The summed E-state index contributed by atoms with van der Waals surface area (Å²) in [5.41, 5.74) is 2.03. The molecule has 1 aromatic heterocycles. The zero-order valence-corrected chi connectivity index (χ0v) is 21.5. The first kappa shape index (κ1) is 25.4. The van der Waals surface area contributed by atoms with Gasteiger partial charge >= 0.3 is 6.18 Å². The molecule has 0 N–H and O–H groups in total. The van der Waals surface area contributed by atoms with E-state index in [1.165, 1.54) is 11.6 Å². The highest BCUT2D eigenvalue weighted by atomic mass is 19.4. The Kier molecular flexibility index (Phi) is 6.46. The zero-order valence-electron chi connectivity index (χ0n) is 21.5. The number of carbonyl (C=O) groups excluding carboxylic acids is 1. The average molecular weight is 523 g/mol. The van der Waals surface area contributed by atoms with Gasteiger partial charge in [-0.05, 0) is 92.8 Å². The van der Waals surface area contributed by atoms with Gasteiger partial charge in [0.15, 0.2) is 0 Å². The monoisotopic (exact) mass is 522 g/mol. The molecule has 3 atom stereocenters. The minimum absolute atomic E-state index is 0.147. The molecule has 3 unspecified atom stereocenters. The summed E-state index contributed by atoms with van der Waals surface area (Å²) >= 11 is 0. The summed E-state index contributed by atoms with van der Waals surface area (Å²) in [5.74, 6) is 0.958. The molecule has 2 aromatic rings. The van der Waals surface area contributed by atoms with Crippen molar-refractivity contribution < 1.29 is 18.0 Å². The highest BCUT2D eigenvalue weighted by molar-refractivity contribution is 5.84. The normalized spacial score (nSPS) is 28.1. The van der Waals surface area contributed by atoms with Gasteiger partial charge in [0.2, 0.25) is 5.91 Å². The van der Waals surface area contributed by atoms with Gasteiger partial charge in [-0.15, -0.1) is 0 Å². The first-order chi connectivity index (χ1) is 18.3. The van der Waals surface area contributed by atoms with E-state index >= 15 is 0 Å². The number of alkyl halides is 3. The van der Waals surface area contributed by atoms with Crippen LogP contribution in [0.3, 0.4) is 0 Å². The Hall–Kier alpha value is -2.92. The molecule has 2 aliphatic carbocycles. The SMILES string of the molecule is N#Cc1cccc(C2CCN(C3CC4CCCC4(C(=O)N4CCc5ncc(C(F)(F)F)cc5C4)C3)CC2)c1. The number of halogens is 3. The Morgan fingerprint density at radius 3 is 2.71 bits per heavy atom. The molecule has 0 spiro atoms. The van der Waals surface area contributed by atoms with Crippen LogP contribution in [0.1, 0.15) is 78.8 Å². The number of hydrogen-bond acceptors (Lipinski definition) is 4. The largest absolute Gasteiger partial charge is 0.417 e. The molecule has 3 heterocycles. The van der Waals surface area contributed by atoms with Gasteiger partial charge in [-0.2, -0.15) is 18.4 Å². The maximum absolute atomic E-state index is 14.1. The minimum Gasteiger partial charge on any atom is -0.337 e. The third-order valence-corrected chi connectivity index (χ3v) is 9.73. The molecule has 6 rings (SSSR count). The predicted octanol–water partition coefficient (Wildman–Crippen LogP) is 5.69. The number of amides is 1. The van der Waals surface area contributed by atoms with Gasteiger partial charge in [0.25, 0.3) is 0 Å². The van der Waals surface area contributed by atoms with Crippen LogP contribution in [-0.4, -0.2) is 46.4 Å². The fraction of sp³-hybridized carbons (Fsp3) is 0.567. The van der Waals surface area contributed by atoms with E-state index in [0.29, 0.717) is 47.7 Å². The molecule has 200 valence electrons. The van der Waals surface area contributed by atoms with Crippen LogP contribution in [-0.2, 0) is 23.9 Å². The second-order valence-corrected chi connectivity index (χ2v) is 11.7. The number of hydrogen-bond donors (Lipinski definition) is 0. The van der Waals surface area contributed by atoms with Gasteiger partial charge < -0.3 is 9.80 Å². The van der Waals surface area contributed by atoms with Crippen molar-refractivity contribution in [2.75, 3.05) is 19.6 Å². The molecular weight excluding hydrogens is 489 g/mol. The quantitative estimate of drug-likeness (QED) is 0.520. The lowest BCUT2D eigenvalue weighted by Crippen LogP contribution is -2.47. The van der Waals surface area contributed by atoms with Crippen molar-refractivity contribution in [3.8, 4) is 6.07 Å². The summed E-state index contributed by atoms with van der Waals surface area (Å²) < 4.78 is 39.8. The van der Waals surface area contributed by atoms with E-state index in [1.54, 1.807) is 0 Å².